The number of piperazine rings is 1. The van der Waals surface area contributed by atoms with E-state index in [2.05, 4.69) is 15.2 Å². The monoisotopic (exact) mass is 427 g/mol. The van der Waals surface area contributed by atoms with Crippen molar-refractivity contribution >= 4 is 44.8 Å². The number of carbonyl (C=O) groups is 2. The van der Waals surface area contributed by atoms with Gasteiger partial charge in [0, 0.05) is 25.4 Å². The number of likely N-dealkylation sites (N-methyl/N-ethyl adjacent to an activating group) is 1. The predicted molar refractivity (Wildman–Crippen MR) is 116 cm³/mol. The van der Waals surface area contributed by atoms with Crippen molar-refractivity contribution in [2.24, 2.45) is 0 Å². The zero-order chi connectivity index (χ0) is 20.5. The maximum Gasteiger partial charge on any atom is 0.250 e. The Morgan fingerprint density at radius 3 is 2.69 bits per heavy atom. The van der Waals surface area contributed by atoms with Crippen LogP contribution in [0, 0.1) is 6.92 Å². The highest BCUT2D eigenvalue weighted by atomic mass is 32.1. The number of carbonyl (C=O) groups excluding carboxylic acids is 2. The number of hydrogen-bond donors (Lipinski definition) is 1. The standard InChI is InChI=1S/C20H21N5O2S2/c1-12-17(29-19(21-12)22-13(2)26)15-11-28-20(23-15)25-10-9-24(3)16(18(25)27)14-7-5-4-6-8-14/h4-8,11,16H,9-10H2,1-3H3,(H,21,22,26). The van der Waals surface area contributed by atoms with Gasteiger partial charge in [0.1, 0.15) is 6.04 Å². The highest BCUT2D eigenvalue weighted by molar-refractivity contribution is 7.20. The highest BCUT2D eigenvalue weighted by Gasteiger charge is 2.35. The summed E-state index contributed by atoms with van der Waals surface area (Å²) in [5.41, 5.74) is 2.57. The van der Waals surface area contributed by atoms with E-state index < -0.39 is 0 Å². The molecule has 0 aliphatic carbocycles. The average Bonchev–Trinajstić information content (AvgIpc) is 3.29. The lowest BCUT2D eigenvalue weighted by atomic mass is 10.0. The van der Waals surface area contributed by atoms with Crippen LogP contribution in [0.2, 0.25) is 0 Å². The quantitative estimate of drug-likeness (QED) is 0.689. The van der Waals surface area contributed by atoms with Gasteiger partial charge in [-0.2, -0.15) is 0 Å². The number of thiazole rings is 2. The summed E-state index contributed by atoms with van der Waals surface area (Å²) in [6.45, 7) is 4.72. The molecule has 0 spiro atoms. The molecule has 2 aromatic heterocycles. The molecule has 9 heteroatoms. The summed E-state index contributed by atoms with van der Waals surface area (Å²) in [6, 6.07) is 9.52. The molecule has 1 atom stereocenters. The van der Waals surface area contributed by atoms with Gasteiger partial charge in [-0.15, -0.1) is 11.3 Å². The van der Waals surface area contributed by atoms with Gasteiger partial charge in [-0.1, -0.05) is 41.7 Å². The summed E-state index contributed by atoms with van der Waals surface area (Å²) in [5.74, 6) is -0.120. The zero-order valence-electron chi connectivity index (χ0n) is 16.4. The Morgan fingerprint density at radius 2 is 1.97 bits per heavy atom. The molecular formula is C20H21N5O2S2. The number of nitrogens with one attached hydrogen (secondary N) is 1. The Labute approximate surface area is 177 Å². The lowest BCUT2D eigenvalue weighted by molar-refractivity contribution is -0.125. The van der Waals surface area contributed by atoms with Gasteiger partial charge < -0.3 is 5.32 Å². The molecule has 29 heavy (non-hydrogen) atoms. The molecule has 1 N–H and O–H groups in total. The number of aromatic nitrogens is 2. The van der Waals surface area contributed by atoms with Gasteiger partial charge in [0.05, 0.1) is 16.3 Å². The van der Waals surface area contributed by atoms with Crippen molar-refractivity contribution in [2.45, 2.75) is 19.9 Å². The number of benzene rings is 1. The third kappa shape index (κ3) is 3.93. The Hall–Kier alpha value is -2.62. The van der Waals surface area contributed by atoms with Crippen LogP contribution in [0.1, 0.15) is 24.2 Å². The first-order chi connectivity index (χ1) is 13.9. The first-order valence-corrected chi connectivity index (χ1v) is 10.9. The minimum absolute atomic E-state index is 0.0332. The molecule has 1 aromatic carbocycles. The molecule has 7 nitrogen and oxygen atoms in total. The van der Waals surface area contributed by atoms with Crippen LogP contribution in [0.4, 0.5) is 10.3 Å². The van der Waals surface area contributed by atoms with Crippen LogP contribution < -0.4 is 10.2 Å². The number of aryl methyl sites for hydroxylation is 1. The van der Waals surface area contributed by atoms with E-state index in [1.54, 1.807) is 4.90 Å². The predicted octanol–water partition coefficient (Wildman–Crippen LogP) is 3.55. The van der Waals surface area contributed by atoms with E-state index in [0.29, 0.717) is 16.8 Å². The van der Waals surface area contributed by atoms with Crippen molar-refractivity contribution < 1.29 is 9.59 Å². The van der Waals surface area contributed by atoms with Gasteiger partial charge in [-0.05, 0) is 19.5 Å². The van der Waals surface area contributed by atoms with E-state index >= 15 is 0 Å². The average molecular weight is 428 g/mol. The van der Waals surface area contributed by atoms with Crippen LogP contribution in [0.25, 0.3) is 10.6 Å². The largest absolute Gasteiger partial charge is 0.302 e. The van der Waals surface area contributed by atoms with Gasteiger partial charge >= 0.3 is 0 Å². The smallest absolute Gasteiger partial charge is 0.250 e. The van der Waals surface area contributed by atoms with Gasteiger partial charge in [-0.3, -0.25) is 19.4 Å². The van der Waals surface area contributed by atoms with E-state index in [1.165, 1.54) is 29.6 Å². The van der Waals surface area contributed by atoms with E-state index in [1.807, 2.05) is 49.7 Å². The maximum atomic E-state index is 13.3. The van der Waals surface area contributed by atoms with E-state index in [4.69, 9.17) is 4.98 Å². The second-order valence-corrected chi connectivity index (χ2v) is 8.75. The van der Waals surface area contributed by atoms with Crippen molar-refractivity contribution in [3.05, 3.63) is 47.0 Å². The molecule has 0 bridgehead atoms. The van der Waals surface area contributed by atoms with Gasteiger partial charge in [0.25, 0.3) is 5.91 Å². The van der Waals surface area contributed by atoms with Crippen molar-refractivity contribution in [1.29, 1.82) is 0 Å². The van der Waals surface area contributed by atoms with Crippen LogP contribution in [0.15, 0.2) is 35.7 Å². The second-order valence-electron chi connectivity index (χ2n) is 6.91. The number of rotatable bonds is 4. The summed E-state index contributed by atoms with van der Waals surface area (Å²) < 4.78 is 0. The summed E-state index contributed by atoms with van der Waals surface area (Å²) in [5, 5.41) is 5.90. The lowest BCUT2D eigenvalue weighted by Crippen LogP contribution is -2.51. The Balaban J connectivity index is 1.60. The molecule has 1 aliphatic rings. The minimum atomic E-state index is -0.311. The van der Waals surface area contributed by atoms with E-state index in [-0.39, 0.29) is 17.9 Å². The SMILES string of the molecule is CC(=O)Nc1nc(C)c(-c2csc(N3CCN(C)C(c4ccccc4)C3=O)n2)s1. The molecule has 3 heterocycles. The lowest BCUT2D eigenvalue weighted by Gasteiger charge is -2.37. The number of nitrogens with zero attached hydrogens (tertiary/aromatic N) is 4. The van der Waals surface area contributed by atoms with Crippen molar-refractivity contribution in [1.82, 2.24) is 14.9 Å². The molecule has 2 amide bonds. The highest BCUT2D eigenvalue weighted by Crippen LogP contribution is 2.37. The Morgan fingerprint density at radius 1 is 1.21 bits per heavy atom. The molecule has 0 radical (unpaired) electrons. The fourth-order valence-electron chi connectivity index (χ4n) is 3.39. The van der Waals surface area contributed by atoms with Gasteiger partial charge in [0.2, 0.25) is 5.91 Å². The Bertz CT molecular complexity index is 1050. The summed E-state index contributed by atoms with van der Waals surface area (Å²) >= 11 is 2.84. The molecule has 150 valence electrons. The topological polar surface area (TPSA) is 78.4 Å². The molecule has 0 saturated carbocycles. The third-order valence-corrected chi connectivity index (χ3v) is 6.73. The molecule has 3 aromatic rings. The van der Waals surface area contributed by atoms with Crippen molar-refractivity contribution in [2.75, 3.05) is 30.4 Å². The number of anilines is 2. The summed E-state index contributed by atoms with van der Waals surface area (Å²) in [6.07, 6.45) is 0. The second kappa shape index (κ2) is 8.02. The van der Waals surface area contributed by atoms with Crippen LogP contribution in [-0.4, -0.2) is 46.8 Å². The molecule has 1 unspecified atom stereocenters. The first-order valence-electron chi connectivity index (χ1n) is 9.21. The van der Waals surface area contributed by atoms with Crippen molar-refractivity contribution in [3.8, 4) is 10.6 Å². The Kier molecular flexibility index (Phi) is 5.44. The fraction of sp³-hybridized carbons (Fsp3) is 0.300. The maximum absolute atomic E-state index is 13.3. The van der Waals surface area contributed by atoms with Crippen molar-refractivity contribution in [3.63, 3.8) is 0 Å². The van der Waals surface area contributed by atoms with Crippen LogP contribution in [0.3, 0.4) is 0 Å². The number of hydrogen-bond acceptors (Lipinski definition) is 7. The van der Waals surface area contributed by atoms with Crippen LogP contribution in [-0.2, 0) is 9.59 Å². The summed E-state index contributed by atoms with van der Waals surface area (Å²) in [4.78, 5) is 38.4. The van der Waals surface area contributed by atoms with Gasteiger partial charge in [0.15, 0.2) is 10.3 Å². The molecule has 1 saturated heterocycles. The normalized spacial score (nSPS) is 17.6. The third-order valence-electron chi connectivity index (χ3n) is 4.77. The number of amides is 2. The molecule has 1 fully saturated rings. The molecule has 1 aliphatic heterocycles. The van der Waals surface area contributed by atoms with Crippen LogP contribution >= 0.6 is 22.7 Å². The molecule has 4 rings (SSSR count). The summed E-state index contributed by atoms with van der Waals surface area (Å²) in [7, 11) is 1.98. The molecular weight excluding hydrogens is 406 g/mol. The minimum Gasteiger partial charge on any atom is -0.302 e. The first kappa shape index (κ1) is 19.7. The van der Waals surface area contributed by atoms with Gasteiger partial charge in [-0.25, -0.2) is 9.97 Å². The zero-order valence-corrected chi connectivity index (χ0v) is 18.0. The van der Waals surface area contributed by atoms with E-state index in [9.17, 15) is 9.59 Å². The van der Waals surface area contributed by atoms with Crippen LogP contribution in [0.5, 0.6) is 0 Å². The fourth-order valence-corrected chi connectivity index (χ4v) is 5.28. The van der Waals surface area contributed by atoms with E-state index in [0.717, 1.165) is 28.4 Å².